The van der Waals surface area contributed by atoms with Crippen LogP contribution in [0.25, 0.3) is 0 Å². The zero-order valence-corrected chi connectivity index (χ0v) is 18.7. The van der Waals surface area contributed by atoms with Crippen LogP contribution in [-0.2, 0) is 14.4 Å². The molecule has 4 N–H and O–H groups in total. The fourth-order valence-electron chi connectivity index (χ4n) is 5.46. The molecule has 8 heteroatoms. The molecule has 0 saturated carbocycles. The maximum Gasteiger partial charge on any atom is 0.229 e. The first-order valence-corrected chi connectivity index (χ1v) is 11.2. The molecule has 0 aromatic heterocycles. The summed E-state index contributed by atoms with van der Waals surface area (Å²) >= 11 is 0. The van der Waals surface area contributed by atoms with Crippen LogP contribution in [0.5, 0.6) is 0 Å². The van der Waals surface area contributed by atoms with E-state index in [1.807, 2.05) is 32.0 Å². The summed E-state index contributed by atoms with van der Waals surface area (Å²) < 4.78 is 0. The van der Waals surface area contributed by atoms with Crippen molar-refractivity contribution in [3.05, 3.63) is 29.3 Å². The molecule has 6 atom stereocenters. The quantitative estimate of drug-likeness (QED) is 0.582. The first-order chi connectivity index (χ1) is 14.7. The number of hydrogen-bond donors (Lipinski definition) is 4. The Kier molecular flexibility index (Phi) is 6.03. The predicted molar refractivity (Wildman–Crippen MR) is 118 cm³/mol. The van der Waals surface area contributed by atoms with Crippen LogP contribution in [0.15, 0.2) is 18.2 Å². The van der Waals surface area contributed by atoms with E-state index in [1.165, 1.54) is 6.42 Å². The molecule has 3 aliphatic rings. The summed E-state index contributed by atoms with van der Waals surface area (Å²) in [5.74, 6) is -1.02. The minimum Gasteiger partial charge on any atom is -0.340 e. The van der Waals surface area contributed by atoms with Crippen molar-refractivity contribution in [3.8, 4) is 0 Å². The summed E-state index contributed by atoms with van der Waals surface area (Å²) in [6.45, 7) is 10.1. The van der Waals surface area contributed by atoms with E-state index in [4.69, 9.17) is 0 Å². The minimum atomic E-state index is -0.729. The van der Waals surface area contributed by atoms with Crippen LogP contribution in [0.3, 0.4) is 0 Å². The molecule has 0 aliphatic carbocycles. The average molecular weight is 428 g/mol. The summed E-state index contributed by atoms with van der Waals surface area (Å²) in [6.07, 6.45) is 0.249. The lowest BCUT2D eigenvalue weighted by Gasteiger charge is -2.48. The van der Waals surface area contributed by atoms with Crippen LogP contribution < -0.4 is 21.3 Å². The first-order valence-electron chi connectivity index (χ1n) is 11.2. The topological polar surface area (TPSA) is 103 Å². The Morgan fingerprint density at radius 2 is 1.68 bits per heavy atom. The van der Waals surface area contributed by atoms with Crippen molar-refractivity contribution in [3.63, 3.8) is 0 Å². The zero-order valence-electron chi connectivity index (χ0n) is 18.7. The van der Waals surface area contributed by atoms with Gasteiger partial charge in [0.25, 0.3) is 0 Å². The molecule has 0 spiro atoms. The number of nitrogens with one attached hydrogen (secondary N) is 4. The summed E-state index contributed by atoms with van der Waals surface area (Å²) in [5.41, 5.74) is 2.77. The Hall–Kier alpha value is -2.45. The number of likely N-dealkylation sites (tertiary alicyclic amines) is 1. The van der Waals surface area contributed by atoms with E-state index in [9.17, 15) is 14.4 Å². The van der Waals surface area contributed by atoms with Crippen LogP contribution in [0.4, 0.5) is 5.69 Å². The smallest absolute Gasteiger partial charge is 0.229 e. The Balaban J connectivity index is 1.50. The molecule has 3 aliphatic heterocycles. The minimum absolute atomic E-state index is 0.00462. The van der Waals surface area contributed by atoms with Gasteiger partial charge < -0.3 is 16.0 Å². The highest BCUT2D eigenvalue weighted by Crippen LogP contribution is 2.30. The lowest BCUT2D eigenvalue weighted by molar-refractivity contribution is -0.148. The number of carbonyl (C=O) groups is 3. The Morgan fingerprint density at radius 1 is 1.03 bits per heavy atom. The van der Waals surface area contributed by atoms with Crippen molar-refractivity contribution in [2.45, 2.75) is 53.0 Å². The molecule has 8 nitrogen and oxygen atoms in total. The number of hydrogen-bond acceptors (Lipinski definition) is 5. The lowest BCUT2D eigenvalue weighted by atomic mass is 9.80. The monoisotopic (exact) mass is 427 g/mol. The highest BCUT2D eigenvalue weighted by atomic mass is 16.2. The van der Waals surface area contributed by atoms with Gasteiger partial charge in [0.05, 0.1) is 18.0 Å². The molecule has 3 saturated heterocycles. The molecule has 4 rings (SSSR count). The molecule has 31 heavy (non-hydrogen) atoms. The van der Waals surface area contributed by atoms with Crippen LogP contribution in [0, 0.1) is 37.5 Å². The number of piperidine rings is 2. The molecule has 168 valence electrons. The highest BCUT2D eigenvalue weighted by Gasteiger charge is 2.49. The van der Waals surface area contributed by atoms with Gasteiger partial charge in [-0.3, -0.25) is 24.6 Å². The summed E-state index contributed by atoms with van der Waals surface area (Å²) in [4.78, 5) is 40.8. The predicted octanol–water partition coefficient (Wildman–Crippen LogP) is 1.30. The molecular weight excluding hydrogens is 394 g/mol. The summed E-state index contributed by atoms with van der Waals surface area (Å²) in [5, 5.41) is 12.2. The molecule has 3 fully saturated rings. The molecule has 1 aromatic rings. The number of nitrogens with zero attached hydrogens (tertiary/aromatic N) is 1. The van der Waals surface area contributed by atoms with E-state index in [-0.39, 0.29) is 30.4 Å². The third-order valence-corrected chi connectivity index (χ3v) is 6.52. The highest BCUT2D eigenvalue weighted by molar-refractivity contribution is 6.00. The van der Waals surface area contributed by atoms with E-state index in [0.29, 0.717) is 17.5 Å². The van der Waals surface area contributed by atoms with Gasteiger partial charge in [-0.1, -0.05) is 19.9 Å². The molecule has 0 radical (unpaired) electrons. The van der Waals surface area contributed by atoms with E-state index in [1.54, 1.807) is 0 Å². The van der Waals surface area contributed by atoms with Gasteiger partial charge in [-0.15, -0.1) is 0 Å². The molecule has 0 bridgehead atoms. The molecular formula is C23H33N5O3. The van der Waals surface area contributed by atoms with Gasteiger partial charge >= 0.3 is 0 Å². The molecule has 3 heterocycles. The number of aryl methyl sites for hydroxylation is 2. The van der Waals surface area contributed by atoms with E-state index in [2.05, 4.69) is 40.0 Å². The van der Waals surface area contributed by atoms with Gasteiger partial charge in [0.1, 0.15) is 6.29 Å². The standard InChI is InChI=1S/C23H33N5O3/c1-12-5-13(2)8-16(7-12)24-21(30)17-9-18(29)25-20-19(17)22(31)27-23(26-20)28-10-14(3)6-15(4)11-28/h5,7-8,14-15,17,19-20,23,26H,6,9-11H2,1-4H3,(H,24,30)(H,25,29)(H,27,31). The van der Waals surface area contributed by atoms with Crippen molar-refractivity contribution < 1.29 is 14.4 Å². The molecule has 6 unspecified atom stereocenters. The van der Waals surface area contributed by atoms with Crippen molar-refractivity contribution in [2.75, 3.05) is 18.4 Å². The third kappa shape index (κ3) is 4.75. The molecule has 3 amide bonds. The SMILES string of the molecule is Cc1cc(C)cc(NC(=O)C2CC(=O)NC3NC(N4CC(C)CC(C)C4)NC(=O)C32)c1. The number of carbonyl (C=O) groups excluding carboxylic acids is 3. The van der Waals surface area contributed by atoms with Gasteiger partial charge in [0, 0.05) is 25.2 Å². The average Bonchev–Trinajstić information content (AvgIpc) is 2.65. The van der Waals surface area contributed by atoms with Crippen molar-refractivity contribution in [2.24, 2.45) is 23.7 Å². The third-order valence-electron chi connectivity index (χ3n) is 6.52. The van der Waals surface area contributed by atoms with Crippen LogP contribution in [-0.4, -0.2) is 48.2 Å². The summed E-state index contributed by atoms with van der Waals surface area (Å²) in [6, 6.07) is 5.80. The number of benzene rings is 1. The van der Waals surface area contributed by atoms with E-state index < -0.39 is 18.0 Å². The number of amides is 3. The van der Waals surface area contributed by atoms with E-state index >= 15 is 0 Å². The normalized spacial score (nSPS) is 33.8. The van der Waals surface area contributed by atoms with Gasteiger partial charge in [0.2, 0.25) is 17.7 Å². The van der Waals surface area contributed by atoms with Gasteiger partial charge in [-0.25, -0.2) is 0 Å². The lowest BCUT2D eigenvalue weighted by Crippen LogP contribution is -2.75. The largest absolute Gasteiger partial charge is 0.340 e. The van der Waals surface area contributed by atoms with Crippen molar-refractivity contribution in [1.29, 1.82) is 0 Å². The Bertz CT molecular complexity index is 858. The van der Waals surface area contributed by atoms with Crippen LogP contribution in [0.1, 0.15) is 37.8 Å². The second-order valence-electron chi connectivity index (χ2n) is 9.72. The maximum atomic E-state index is 13.1. The van der Waals surface area contributed by atoms with E-state index in [0.717, 1.165) is 24.2 Å². The number of anilines is 1. The van der Waals surface area contributed by atoms with Gasteiger partial charge in [-0.2, -0.15) is 0 Å². The van der Waals surface area contributed by atoms with Crippen LogP contribution in [0.2, 0.25) is 0 Å². The van der Waals surface area contributed by atoms with Gasteiger partial charge in [0.15, 0.2) is 0 Å². The van der Waals surface area contributed by atoms with Gasteiger partial charge in [-0.05, 0) is 55.4 Å². The fraction of sp³-hybridized carbons (Fsp3) is 0.609. The second kappa shape index (κ2) is 8.59. The fourth-order valence-corrected chi connectivity index (χ4v) is 5.46. The number of rotatable bonds is 3. The maximum absolute atomic E-state index is 13.1. The Labute approximate surface area is 183 Å². The second-order valence-corrected chi connectivity index (χ2v) is 9.72. The summed E-state index contributed by atoms with van der Waals surface area (Å²) in [7, 11) is 0. The van der Waals surface area contributed by atoms with Crippen LogP contribution >= 0.6 is 0 Å². The molecule has 1 aromatic carbocycles. The van der Waals surface area contributed by atoms with Crippen molar-refractivity contribution in [1.82, 2.24) is 20.9 Å². The number of fused-ring (bicyclic) bond motifs is 1. The van der Waals surface area contributed by atoms with Crippen molar-refractivity contribution >= 4 is 23.4 Å². The zero-order chi connectivity index (χ0) is 22.3. The Morgan fingerprint density at radius 3 is 2.32 bits per heavy atom. The first kappa shape index (κ1) is 21.8.